The normalized spacial score (nSPS) is 10.9. The molecule has 6 heteroatoms. The van der Waals surface area contributed by atoms with Crippen LogP contribution in [-0.4, -0.2) is 29.0 Å². The summed E-state index contributed by atoms with van der Waals surface area (Å²) in [5, 5.41) is 7.91. The molecule has 0 atom stereocenters. The third-order valence-corrected chi connectivity index (χ3v) is 6.37. The standard InChI is InChI=1S/C27H23N3O2S/c1-18-25(20-11-7-13-22(15-20)31-2)29-30(26(18)21-12-8-14-23(16-21)32-3)27-28-24(17-33-27)19-9-5-4-6-10-19/h4-17H,1-3H3. The second kappa shape index (κ2) is 8.92. The molecule has 0 aliphatic heterocycles. The molecule has 5 aromatic rings. The predicted octanol–water partition coefficient (Wildman–Crippen LogP) is 6.66. The summed E-state index contributed by atoms with van der Waals surface area (Å²) in [6.45, 7) is 2.10. The highest BCUT2D eigenvalue weighted by atomic mass is 32.1. The molecule has 0 spiro atoms. The SMILES string of the molecule is COc1cccc(-c2nn(-c3nc(-c4ccccc4)cs3)c(-c3cccc(OC)c3)c2C)c1. The van der Waals surface area contributed by atoms with E-state index >= 15 is 0 Å². The summed E-state index contributed by atoms with van der Waals surface area (Å²) in [5.74, 6) is 1.59. The molecule has 5 rings (SSSR count). The fourth-order valence-electron chi connectivity index (χ4n) is 3.89. The Morgan fingerprint density at radius 2 is 1.39 bits per heavy atom. The first-order valence-corrected chi connectivity index (χ1v) is 11.5. The number of hydrogen-bond acceptors (Lipinski definition) is 5. The van der Waals surface area contributed by atoms with Gasteiger partial charge in [-0.3, -0.25) is 0 Å². The lowest BCUT2D eigenvalue weighted by Gasteiger charge is -2.08. The van der Waals surface area contributed by atoms with Gasteiger partial charge in [-0.05, 0) is 31.2 Å². The summed E-state index contributed by atoms with van der Waals surface area (Å²) in [4.78, 5) is 4.92. The van der Waals surface area contributed by atoms with E-state index in [9.17, 15) is 0 Å². The van der Waals surface area contributed by atoms with Gasteiger partial charge in [0.05, 0.1) is 31.3 Å². The number of benzene rings is 3. The summed E-state index contributed by atoms with van der Waals surface area (Å²) < 4.78 is 12.9. The molecule has 3 aromatic carbocycles. The summed E-state index contributed by atoms with van der Waals surface area (Å²) in [6, 6.07) is 26.2. The first kappa shape index (κ1) is 21.0. The molecule has 2 aromatic heterocycles. The minimum Gasteiger partial charge on any atom is -0.497 e. The maximum Gasteiger partial charge on any atom is 0.211 e. The topological polar surface area (TPSA) is 49.2 Å². The first-order chi connectivity index (χ1) is 16.2. The number of ether oxygens (including phenoxy) is 2. The van der Waals surface area contributed by atoms with Gasteiger partial charge in [0.25, 0.3) is 0 Å². The van der Waals surface area contributed by atoms with Crippen LogP contribution in [0.5, 0.6) is 11.5 Å². The number of hydrogen-bond donors (Lipinski definition) is 0. The first-order valence-electron chi connectivity index (χ1n) is 10.6. The summed E-state index contributed by atoms with van der Waals surface area (Å²) >= 11 is 1.57. The van der Waals surface area contributed by atoms with Crippen LogP contribution >= 0.6 is 11.3 Å². The lowest BCUT2D eigenvalue weighted by Crippen LogP contribution is -1.99. The van der Waals surface area contributed by atoms with E-state index in [1.807, 2.05) is 59.3 Å². The Labute approximate surface area is 196 Å². The lowest BCUT2D eigenvalue weighted by molar-refractivity contribution is 0.415. The van der Waals surface area contributed by atoms with Gasteiger partial charge in [0, 0.05) is 27.6 Å². The highest BCUT2D eigenvalue weighted by Crippen LogP contribution is 2.37. The zero-order valence-corrected chi connectivity index (χ0v) is 19.5. The predicted molar refractivity (Wildman–Crippen MR) is 133 cm³/mol. The molecule has 2 heterocycles. The average molecular weight is 454 g/mol. The van der Waals surface area contributed by atoms with Crippen LogP contribution in [0, 0.1) is 6.92 Å². The summed E-state index contributed by atoms with van der Waals surface area (Å²) in [6.07, 6.45) is 0. The van der Waals surface area contributed by atoms with Crippen molar-refractivity contribution in [1.29, 1.82) is 0 Å². The van der Waals surface area contributed by atoms with Gasteiger partial charge in [-0.15, -0.1) is 11.3 Å². The Kier molecular flexibility index (Phi) is 5.67. The molecule has 5 nitrogen and oxygen atoms in total. The van der Waals surface area contributed by atoms with Crippen LogP contribution in [0.2, 0.25) is 0 Å². The van der Waals surface area contributed by atoms with E-state index in [1.54, 1.807) is 25.6 Å². The van der Waals surface area contributed by atoms with Crippen molar-refractivity contribution in [2.45, 2.75) is 6.92 Å². The molecule has 0 aliphatic carbocycles. The van der Waals surface area contributed by atoms with Crippen LogP contribution < -0.4 is 9.47 Å². The Morgan fingerprint density at radius 3 is 2.09 bits per heavy atom. The van der Waals surface area contributed by atoms with Gasteiger partial charge < -0.3 is 9.47 Å². The number of nitrogens with zero attached hydrogens (tertiary/aromatic N) is 3. The van der Waals surface area contributed by atoms with Crippen LogP contribution in [-0.2, 0) is 0 Å². The molecule has 0 bridgehead atoms. The summed E-state index contributed by atoms with van der Waals surface area (Å²) in [7, 11) is 3.35. The number of rotatable bonds is 6. The van der Waals surface area contributed by atoms with Crippen molar-refractivity contribution in [1.82, 2.24) is 14.8 Å². The van der Waals surface area contributed by atoms with Crippen molar-refractivity contribution in [2.75, 3.05) is 14.2 Å². The van der Waals surface area contributed by atoms with Gasteiger partial charge >= 0.3 is 0 Å². The van der Waals surface area contributed by atoms with Crippen LogP contribution in [0.3, 0.4) is 0 Å². The second-order valence-electron chi connectivity index (χ2n) is 7.58. The minimum atomic E-state index is 0.796. The maximum absolute atomic E-state index is 5.49. The molecule has 0 N–H and O–H groups in total. The van der Waals surface area contributed by atoms with E-state index in [4.69, 9.17) is 19.6 Å². The van der Waals surface area contributed by atoms with Crippen LogP contribution in [0.4, 0.5) is 0 Å². The third-order valence-electron chi connectivity index (χ3n) is 5.55. The Hall–Kier alpha value is -3.90. The van der Waals surface area contributed by atoms with E-state index < -0.39 is 0 Å². The largest absolute Gasteiger partial charge is 0.497 e. The Balaban J connectivity index is 1.70. The van der Waals surface area contributed by atoms with E-state index in [2.05, 4.69) is 36.6 Å². The van der Waals surface area contributed by atoms with Crippen molar-refractivity contribution in [3.8, 4) is 50.4 Å². The van der Waals surface area contributed by atoms with E-state index in [0.717, 1.165) is 56.0 Å². The number of aromatic nitrogens is 3. The van der Waals surface area contributed by atoms with Crippen molar-refractivity contribution < 1.29 is 9.47 Å². The lowest BCUT2D eigenvalue weighted by atomic mass is 10.0. The van der Waals surface area contributed by atoms with Crippen LogP contribution in [0.25, 0.3) is 38.9 Å². The highest BCUT2D eigenvalue weighted by molar-refractivity contribution is 7.12. The van der Waals surface area contributed by atoms with Crippen molar-refractivity contribution in [3.63, 3.8) is 0 Å². The van der Waals surface area contributed by atoms with Gasteiger partial charge in [-0.2, -0.15) is 5.10 Å². The van der Waals surface area contributed by atoms with E-state index in [0.29, 0.717) is 0 Å². The van der Waals surface area contributed by atoms with Crippen LogP contribution in [0.15, 0.2) is 84.2 Å². The highest BCUT2D eigenvalue weighted by Gasteiger charge is 2.21. The Morgan fingerprint density at radius 1 is 0.758 bits per heavy atom. The molecule has 0 saturated carbocycles. The maximum atomic E-state index is 5.49. The molecular weight excluding hydrogens is 430 g/mol. The van der Waals surface area contributed by atoms with E-state index in [-0.39, 0.29) is 0 Å². The number of thiazole rings is 1. The van der Waals surface area contributed by atoms with Gasteiger partial charge in [0.1, 0.15) is 11.5 Å². The van der Waals surface area contributed by atoms with Gasteiger partial charge in [0.15, 0.2) is 0 Å². The van der Waals surface area contributed by atoms with Gasteiger partial charge in [-0.1, -0.05) is 54.6 Å². The fourth-order valence-corrected chi connectivity index (χ4v) is 4.68. The number of methoxy groups -OCH3 is 2. The molecule has 0 radical (unpaired) electrons. The molecular formula is C27H23N3O2S. The van der Waals surface area contributed by atoms with Crippen molar-refractivity contribution in [2.24, 2.45) is 0 Å². The van der Waals surface area contributed by atoms with E-state index in [1.165, 1.54) is 0 Å². The smallest absolute Gasteiger partial charge is 0.211 e. The third kappa shape index (κ3) is 4.01. The molecule has 0 aliphatic rings. The summed E-state index contributed by atoms with van der Waals surface area (Å²) in [5.41, 5.74) is 6.97. The Bertz CT molecular complexity index is 1410. The second-order valence-corrected chi connectivity index (χ2v) is 8.42. The molecule has 0 amide bonds. The quantitative estimate of drug-likeness (QED) is 0.289. The van der Waals surface area contributed by atoms with Crippen molar-refractivity contribution >= 4 is 11.3 Å². The zero-order valence-electron chi connectivity index (χ0n) is 18.6. The molecule has 33 heavy (non-hydrogen) atoms. The molecule has 0 saturated heterocycles. The molecule has 0 fully saturated rings. The zero-order chi connectivity index (χ0) is 22.8. The average Bonchev–Trinajstić information content (AvgIpc) is 3.49. The minimum absolute atomic E-state index is 0.796. The molecule has 0 unspecified atom stereocenters. The monoisotopic (exact) mass is 453 g/mol. The van der Waals surface area contributed by atoms with Crippen LogP contribution in [0.1, 0.15) is 5.56 Å². The van der Waals surface area contributed by atoms with Crippen molar-refractivity contribution in [3.05, 3.63) is 89.8 Å². The molecule has 164 valence electrons. The van der Waals surface area contributed by atoms with Gasteiger partial charge in [-0.25, -0.2) is 9.67 Å². The van der Waals surface area contributed by atoms with Gasteiger partial charge in [0.2, 0.25) is 5.13 Å². The fraction of sp³-hybridized carbons (Fsp3) is 0.111.